The number of ketones is 1. The average molecular weight is 157 g/mol. The minimum Gasteiger partial charge on any atom is -0.345 e. The molecule has 0 bridgehead atoms. The molecule has 0 fully saturated rings. The summed E-state index contributed by atoms with van der Waals surface area (Å²) in [6.45, 7) is 4.15. The molecule has 0 saturated carbocycles. The molecule has 0 heterocycles. The van der Waals surface area contributed by atoms with Gasteiger partial charge < -0.3 is 4.90 Å². The summed E-state index contributed by atoms with van der Waals surface area (Å²) in [6.07, 6.45) is 0.969. The molecule has 0 saturated heterocycles. The van der Waals surface area contributed by atoms with Crippen LogP contribution in [-0.4, -0.2) is 30.2 Å². The molecular weight excluding hydrogens is 142 g/mol. The second-order valence-electron chi connectivity index (χ2n) is 2.69. The van der Waals surface area contributed by atoms with Crippen LogP contribution in [-0.2, 0) is 9.59 Å². The van der Waals surface area contributed by atoms with Gasteiger partial charge in [0.05, 0.1) is 6.42 Å². The van der Waals surface area contributed by atoms with Gasteiger partial charge in [0.2, 0.25) is 5.91 Å². The van der Waals surface area contributed by atoms with Gasteiger partial charge in [0.1, 0.15) is 5.78 Å². The first kappa shape index (κ1) is 10.1. The number of nitrogens with zero attached hydrogens (tertiary/aromatic N) is 1. The molecule has 0 unspecified atom stereocenters. The summed E-state index contributed by atoms with van der Waals surface area (Å²) in [5.41, 5.74) is 0. The Balaban J connectivity index is 3.73. The fourth-order valence-electron chi connectivity index (χ4n) is 0.808. The number of carbonyl (C=O) groups excluding carboxylic acids is 2. The zero-order valence-electron chi connectivity index (χ0n) is 7.39. The van der Waals surface area contributed by atoms with Crippen LogP contribution in [0.4, 0.5) is 0 Å². The van der Waals surface area contributed by atoms with E-state index in [9.17, 15) is 9.59 Å². The van der Waals surface area contributed by atoms with E-state index in [0.29, 0.717) is 0 Å². The molecule has 0 aromatic carbocycles. The smallest absolute Gasteiger partial charge is 0.229 e. The Morgan fingerprint density at radius 1 is 1.36 bits per heavy atom. The monoisotopic (exact) mass is 157 g/mol. The molecule has 0 spiro atoms. The van der Waals surface area contributed by atoms with Gasteiger partial charge in [-0.05, 0) is 13.3 Å². The first-order chi connectivity index (χ1) is 5.07. The van der Waals surface area contributed by atoms with Crippen molar-refractivity contribution in [1.82, 2.24) is 4.90 Å². The van der Waals surface area contributed by atoms with Crippen LogP contribution in [0.5, 0.6) is 0 Å². The van der Waals surface area contributed by atoms with Crippen LogP contribution in [0.3, 0.4) is 0 Å². The van der Waals surface area contributed by atoms with Crippen molar-refractivity contribution < 1.29 is 9.59 Å². The SMILES string of the molecule is CCCN(C)C(=O)CC(C)=O. The lowest BCUT2D eigenvalue weighted by atomic mass is 10.3. The van der Waals surface area contributed by atoms with Crippen LogP contribution in [0.1, 0.15) is 26.7 Å². The molecule has 0 radical (unpaired) electrons. The molecule has 0 aromatic rings. The van der Waals surface area contributed by atoms with Crippen molar-refractivity contribution >= 4 is 11.7 Å². The summed E-state index contributed by atoms with van der Waals surface area (Å²) in [7, 11) is 1.72. The predicted molar refractivity (Wildman–Crippen MR) is 43.2 cm³/mol. The third-order valence-electron chi connectivity index (χ3n) is 1.38. The zero-order valence-corrected chi connectivity index (χ0v) is 7.39. The highest BCUT2D eigenvalue weighted by atomic mass is 16.2. The maximum Gasteiger partial charge on any atom is 0.229 e. The topological polar surface area (TPSA) is 37.4 Å². The van der Waals surface area contributed by atoms with Crippen molar-refractivity contribution in [2.24, 2.45) is 0 Å². The quantitative estimate of drug-likeness (QED) is 0.567. The second kappa shape index (κ2) is 4.88. The van der Waals surface area contributed by atoms with E-state index in [2.05, 4.69) is 0 Å². The molecule has 0 aliphatic heterocycles. The number of hydrogen-bond donors (Lipinski definition) is 0. The highest BCUT2D eigenvalue weighted by molar-refractivity contribution is 5.96. The molecule has 3 heteroatoms. The molecule has 3 nitrogen and oxygen atoms in total. The van der Waals surface area contributed by atoms with E-state index < -0.39 is 0 Å². The normalized spacial score (nSPS) is 9.36. The van der Waals surface area contributed by atoms with Crippen molar-refractivity contribution in [2.45, 2.75) is 26.7 Å². The Morgan fingerprint density at radius 2 is 1.91 bits per heavy atom. The molecule has 0 aliphatic carbocycles. The van der Waals surface area contributed by atoms with Crippen LogP contribution in [0.25, 0.3) is 0 Å². The summed E-state index contributed by atoms with van der Waals surface area (Å²) in [4.78, 5) is 23.1. The van der Waals surface area contributed by atoms with Crippen LogP contribution in [0, 0.1) is 0 Å². The Hall–Kier alpha value is -0.860. The second-order valence-corrected chi connectivity index (χ2v) is 2.69. The molecular formula is C8H15NO2. The van der Waals surface area contributed by atoms with Crippen molar-refractivity contribution in [2.75, 3.05) is 13.6 Å². The number of Topliss-reactive ketones (excluding diaryl/α,β-unsaturated/α-hetero) is 1. The first-order valence-corrected chi connectivity index (χ1v) is 3.81. The third kappa shape index (κ3) is 4.53. The van der Waals surface area contributed by atoms with E-state index in [0.717, 1.165) is 13.0 Å². The van der Waals surface area contributed by atoms with Crippen LogP contribution in [0.2, 0.25) is 0 Å². The van der Waals surface area contributed by atoms with Gasteiger partial charge in [-0.3, -0.25) is 9.59 Å². The van der Waals surface area contributed by atoms with Crippen molar-refractivity contribution in [3.05, 3.63) is 0 Å². The largest absolute Gasteiger partial charge is 0.345 e. The average Bonchev–Trinajstić information content (AvgIpc) is 1.86. The van der Waals surface area contributed by atoms with Gasteiger partial charge in [0, 0.05) is 13.6 Å². The highest BCUT2D eigenvalue weighted by Gasteiger charge is 2.08. The highest BCUT2D eigenvalue weighted by Crippen LogP contribution is 1.92. The zero-order chi connectivity index (χ0) is 8.85. The third-order valence-corrected chi connectivity index (χ3v) is 1.38. The van der Waals surface area contributed by atoms with Gasteiger partial charge in [0.15, 0.2) is 0 Å². The molecule has 0 aliphatic rings. The van der Waals surface area contributed by atoms with Gasteiger partial charge >= 0.3 is 0 Å². The van der Waals surface area contributed by atoms with E-state index in [1.807, 2.05) is 6.92 Å². The van der Waals surface area contributed by atoms with Gasteiger partial charge in [-0.1, -0.05) is 6.92 Å². The maximum absolute atomic E-state index is 11.0. The Bertz CT molecular complexity index is 154. The standard InChI is InChI=1S/C8H15NO2/c1-4-5-9(3)8(11)6-7(2)10/h4-6H2,1-3H3. The first-order valence-electron chi connectivity index (χ1n) is 3.81. The molecule has 1 amide bonds. The molecule has 64 valence electrons. The fraction of sp³-hybridized carbons (Fsp3) is 0.750. The number of amides is 1. The fourth-order valence-corrected chi connectivity index (χ4v) is 0.808. The molecule has 11 heavy (non-hydrogen) atoms. The van der Waals surface area contributed by atoms with Crippen molar-refractivity contribution in [3.8, 4) is 0 Å². The minimum atomic E-state index is -0.0839. The van der Waals surface area contributed by atoms with Crippen molar-refractivity contribution in [3.63, 3.8) is 0 Å². The summed E-state index contributed by atoms with van der Waals surface area (Å²) in [5, 5.41) is 0. The van der Waals surface area contributed by atoms with Crippen molar-refractivity contribution in [1.29, 1.82) is 0 Å². The van der Waals surface area contributed by atoms with Gasteiger partial charge in [-0.2, -0.15) is 0 Å². The lowest BCUT2D eigenvalue weighted by Gasteiger charge is -2.14. The van der Waals surface area contributed by atoms with Crippen LogP contribution < -0.4 is 0 Å². The van der Waals surface area contributed by atoms with E-state index in [1.165, 1.54) is 6.92 Å². The van der Waals surface area contributed by atoms with E-state index in [1.54, 1.807) is 11.9 Å². The Kier molecular flexibility index (Phi) is 4.50. The maximum atomic E-state index is 11.0. The Labute approximate surface area is 67.4 Å². The van der Waals surface area contributed by atoms with E-state index >= 15 is 0 Å². The summed E-state index contributed by atoms with van der Waals surface area (Å²) >= 11 is 0. The summed E-state index contributed by atoms with van der Waals surface area (Å²) in [5.74, 6) is -0.155. The predicted octanol–water partition coefficient (Wildman–Crippen LogP) is 0.834. The van der Waals surface area contributed by atoms with Crippen LogP contribution >= 0.6 is 0 Å². The van der Waals surface area contributed by atoms with E-state index in [-0.39, 0.29) is 18.1 Å². The molecule has 0 N–H and O–H groups in total. The summed E-state index contributed by atoms with van der Waals surface area (Å²) in [6, 6.07) is 0. The minimum absolute atomic E-state index is 0.0382. The Morgan fingerprint density at radius 3 is 2.27 bits per heavy atom. The van der Waals surface area contributed by atoms with Gasteiger partial charge in [0.25, 0.3) is 0 Å². The van der Waals surface area contributed by atoms with E-state index in [4.69, 9.17) is 0 Å². The molecule has 0 atom stereocenters. The summed E-state index contributed by atoms with van der Waals surface area (Å²) < 4.78 is 0. The number of carbonyl (C=O) groups is 2. The number of hydrogen-bond acceptors (Lipinski definition) is 2. The lowest BCUT2D eigenvalue weighted by molar-refractivity contribution is -0.133. The number of rotatable bonds is 4. The molecule has 0 aromatic heterocycles. The van der Waals surface area contributed by atoms with Crippen LogP contribution in [0.15, 0.2) is 0 Å². The molecule has 0 rings (SSSR count). The van der Waals surface area contributed by atoms with Gasteiger partial charge in [-0.15, -0.1) is 0 Å². The van der Waals surface area contributed by atoms with Gasteiger partial charge in [-0.25, -0.2) is 0 Å². The lowest BCUT2D eigenvalue weighted by Crippen LogP contribution is -2.28.